The number of rotatable bonds is 4. The van der Waals surface area contributed by atoms with Crippen LogP contribution in [0.15, 0.2) is 41.1 Å². The van der Waals surface area contributed by atoms with Crippen molar-refractivity contribution in [2.75, 3.05) is 5.32 Å². The van der Waals surface area contributed by atoms with E-state index in [2.05, 4.69) is 26.3 Å². The van der Waals surface area contributed by atoms with E-state index >= 15 is 0 Å². The number of nitrogens with one attached hydrogen (secondary N) is 1. The largest absolute Gasteiger partial charge is 0.481 e. The van der Waals surface area contributed by atoms with Crippen molar-refractivity contribution >= 4 is 27.5 Å². The Kier molecular flexibility index (Phi) is 4.90. The highest BCUT2D eigenvalue weighted by Gasteiger charge is 2.18. The Morgan fingerprint density at radius 3 is 2.50 bits per heavy atom. The summed E-state index contributed by atoms with van der Waals surface area (Å²) in [6.45, 7) is 7.85. The van der Waals surface area contributed by atoms with Gasteiger partial charge in [0.25, 0.3) is 5.91 Å². The first-order valence-electron chi connectivity index (χ1n) is 7.04. The molecule has 0 spiro atoms. The van der Waals surface area contributed by atoms with Crippen molar-refractivity contribution in [3.8, 4) is 5.75 Å². The summed E-state index contributed by atoms with van der Waals surface area (Å²) in [5, 5.41) is 7.06. The fourth-order valence-electron chi connectivity index (χ4n) is 1.77. The molecule has 1 unspecified atom stereocenters. The predicted molar refractivity (Wildman–Crippen MR) is 90.1 cm³/mol. The monoisotopic (exact) mass is 365 g/mol. The number of halogens is 1. The molecule has 2 rings (SSSR count). The van der Waals surface area contributed by atoms with Crippen molar-refractivity contribution in [2.45, 2.75) is 39.3 Å². The van der Waals surface area contributed by atoms with Crippen molar-refractivity contribution in [3.05, 3.63) is 41.1 Å². The SMILES string of the molecule is CC(Oc1ccc(Br)cc1)C(=O)Nc1cnn(C(C)(C)C)c1. The lowest BCUT2D eigenvalue weighted by Crippen LogP contribution is -2.30. The van der Waals surface area contributed by atoms with Gasteiger partial charge < -0.3 is 10.1 Å². The minimum Gasteiger partial charge on any atom is -0.481 e. The van der Waals surface area contributed by atoms with Gasteiger partial charge in [0, 0.05) is 10.7 Å². The van der Waals surface area contributed by atoms with Gasteiger partial charge in [-0.2, -0.15) is 5.10 Å². The van der Waals surface area contributed by atoms with Crippen molar-refractivity contribution < 1.29 is 9.53 Å². The summed E-state index contributed by atoms with van der Waals surface area (Å²) in [5.74, 6) is 0.438. The Labute approximate surface area is 138 Å². The fraction of sp³-hybridized carbons (Fsp3) is 0.375. The highest BCUT2D eigenvalue weighted by molar-refractivity contribution is 9.10. The van der Waals surface area contributed by atoms with Crippen LogP contribution in [0.5, 0.6) is 5.75 Å². The average Bonchev–Trinajstić information content (AvgIpc) is 2.90. The molecule has 6 heteroatoms. The second-order valence-electron chi connectivity index (χ2n) is 6.05. The van der Waals surface area contributed by atoms with Crippen molar-refractivity contribution in [2.24, 2.45) is 0 Å². The molecule has 0 aliphatic heterocycles. The maximum Gasteiger partial charge on any atom is 0.265 e. The Hall–Kier alpha value is -1.82. The first-order valence-corrected chi connectivity index (χ1v) is 7.83. The van der Waals surface area contributed by atoms with Gasteiger partial charge in [0.15, 0.2) is 6.10 Å². The Morgan fingerprint density at radius 1 is 1.32 bits per heavy atom. The molecule has 1 heterocycles. The first kappa shape index (κ1) is 16.5. The van der Waals surface area contributed by atoms with E-state index in [9.17, 15) is 4.79 Å². The molecule has 5 nitrogen and oxygen atoms in total. The molecule has 0 aliphatic carbocycles. The van der Waals surface area contributed by atoms with Gasteiger partial charge in [0.2, 0.25) is 0 Å². The van der Waals surface area contributed by atoms with Gasteiger partial charge in [0.05, 0.1) is 17.4 Å². The van der Waals surface area contributed by atoms with Gasteiger partial charge in [-0.25, -0.2) is 0 Å². The van der Waals surface area contributed by atoms with Crippen LogP contribution in [0.2, 0.25) is 0 Å². The molecular formula is C16H20BrN3O2. The quantitative estimate of drug-likeness (QED) is 0.895. The highest BCUT2D eigenvalue weighted by Crippen LogP contribution is 2.19. The zero-order valence-electron chi connectivity index (χ0n) is 13.1. The molecule has 1 aromatic heterocycles. The van der Waals surface area contributed by atoms with Crippen molar-refractivity contribution in [1.82, 2.24) is 9.78 Å². The number of carbonyl (C=O) groups excluding carboxylic acids is 1. The van der Waals surface area contributed by atoms with E-state index in [-0.39, 0.29) is 11.4 Å². The molecule has 0 bridgehead atoms. The number of nitrogens with zero attached hydrogens (tertiary/aromatic N) is 2. The molecule has 118 valence electrons. The van der Waals surface area contributed by atoms with Gasteiger partial charge in [-0.15, -0.1) is 0 Å². The van der Waals surface area contributed by atoms with E-state index < -0.39 is 6.10 Å². The average molecular weight is 366 g/mol. The van der Waals surface area contributed by atoms with E-state index in [1.165, 1.54) is 0 Å². The molecule has 0 saturated carbocycles. The summed E-state index contributed by atoms with van der Waals surface area (Å²) >= 11 is 3.36. The molecule has 1 aromatic carbocycles. The Balaban J connectivity index is 1.96. The lowest BCUT2D eigenvalue weighted by molar-refractivity contribution is -0.122. The molecule has 0 fully saturated rings. The molecular weight excluding hydrogens is 346 g/mol. The topological polar surface area (TPSA) is 56.1 Å². The molecule has 1 N–H and O–H groups in total. The second kappa shape index (κ2) is 6.52. The zero-order chi connectivity index (χ0) is 16.3. The maximum absolute atomic E-state index is 12.2. The van der Waals surface area contributed by atoms with Crippen LogP contribution in [0.3, 0.4) is 0 Å². The maximum atomic E-state index is 12.2. The third-order valence-electron chi connectivity index (χ3n) is 3.03. The Bertz CT molecular complexity index is 644. The summed E-state index contributed by atoms with van der Waals surface area (Å²) in [4.78, 5) is 12.2. The summed E-state index contributed by atoms with van der Waals surface area (Å²) in [6, 6.07) is 7.36. The molecule has 2 aromatic rings. The van der Waals surface area contributed by atoms with Gasteiger partial charge in [-0.1, -0.05) is 15.9 Å². The number of aromatic nitrogens is 2. The summed E-state index contributed by atoms with van der Waals surface area (Å²) in [7, 11) is 0. The second-order valence-corrected chi connectivity index (χ2v) is 6.96. The van der Waals surface area contributed by atoms with Crippen LogP contribution >= 0.6 is 15.9 Å². The van der Waals surface area contributed by atoms with E-state index in [0.29, 0.717) is 11.4 Å². The molecule has 22 heavy (non-hydrogen) atoms. The smallest absolute Gasteiger partial charge is 0.265 e. The lowest BCUT2D eigenvalue weighted by Gasteiger charge is -2.18. The van der Waals surface area contributed by atoms with Crippen LogP contribution in [0.4, 0.5) is 5.69 Å². The van der Waals surface area contributed by atoms with E-state index in [0.717, 1.165) is 4.47 Å². The molecule has 0 aliphatic rings. The van der Waals surface area contributed by atoms with Crippen molar-refractivity contribution in [3.63, 3.8) is 0 Å². The van der Waals surface area contributed by atoms with Crippen LogP contribution < -0.4 is 10.1 Å². The standard InChI is InChI=1S/C16H20BrN3O2/c1-11(22-14-7-5-12(17)6-8-14)15(21)19-13-9-18-20(10-13)16(2,3)4/h5-11H,1-4H3,(H,19,21). The van der Waals surface area contributed by atoms with Crippen LogP contribution in [-0.4, -0.2) is 21.8 Å². The lowest BCUT2D eigenvalue weighted by atomic mass is 10.1. The minimum absolute atomic E-state index is 0.123. The molecule has 1 atom stereocenters. The van der Waals surface area contributed by atoms with Crippen LogP contribution in [0.25, 0.3) is 0 Å². The number of hydrogen-bond acceptors (Lipinski definition) is 3. The summed E-state index contributed by atoms with van der Waals surface area (Å²) in [6.07, 6.45) is 2.85. The number of anilines is 1. The Morgan fingerprint density at radius 2 is 1.95 bits per heavy atom. The van der Waals surface area contributed by atoms with Gasteiger partial charge in [-0.05, 0) is 52.0 Å². The third kappa shape index (κ3) is 4.34. The van der Waals surface area contributed by atoms with Gasteiger partial charge in [0.1, 0.15) is 5.75 Å². The fourth-order valence-corrected chi connectivity index (χ4v) is 2.03. The minimum atomic E-state index is -0.598. The normalized spacial score (nSPS) is 12.8. The third-order valence-corrected chi connectivity index (χ3v) is 3.56. The van der Waals surface area contributed by atoms with Crippen molar-refractivity contribution in [1.29, 1.82) is 0 Å². The van der Waals surface area contributed by atoms with E-state index in [1.54, 1.807) is 13.1 Å². The number of amides is 1. The van der Waals surface area contributed by atoms with Gasteiger partial charge in [-0.3, -0.25) is 9.48 Å². The van der Waals surface area contributed by atoms with E-state index in [1.807, 2.05) is 55.9 Å². The van der Waals surface area contributed by atoms with Crippen LogP contribution in [0.1, 0.15) is 27.7 Å². The molecule has 1 amide bonds. The van der Waals surface area contributed by atoms with E-state index in [4.69, 9.17) is 4.74 Å². The highest BCUT2D eigenvalue weighted by atomic mass is 79.9. The number of benzene rings is 1. The number of ether oxygens (including phenoxy) is 1. The first-order chi connectivity index (χ1) is 10.3. The zero-order valence-corrected chi connectivity index (χ0v) is 14.7. The van der Waals surface area contributed by atoms with Crippen LogP contribution in [0, 0.1) is 0 Å². The molecule has 0 radical (unpaired) electrons. The number of carbonyl (C=O) groups is 1. The summed E-state index contributed by atoms with van der Waals surface area (Å²) in [5.41, 5.74) is 0.536. The molecule has 0 saturated heterocycles. The van der Waals surface area contributed by atoms with Crippen LogP contribution in [-0.2, 0) is 10.3 Å². The number of hydrogen-bond donors (Lipinski definition) is 1. The summed E-state index contributed by atoms with van der Waals surface area (Å²) < 4.78 is 8.39. The van der Waals surface area contributed by atoms with Gasteiger partial charge >= 0.3 is 0 Å². The predicted octanol–water partition coefficient (Wildman–Crippen LogP) is 3.81.